The third-order valence-electron chi connectivity index (χ3n) is 5.32. The molecule has 0 N–H and O–H groups in total. The van der Waals surface area contributed by atoms with Crippen molar-refractivity contribution < 1.29 is 0 Å². The smallest absolute Gasteiger partial charge is 0.0724 e. The minimum Gasteiger partial charge on any atom is -0.0894 e. The van der Waals surface area contributed by atoms with Crippen LogP contribution in [0.2, 0.25) is 0 Å². The van der Waals surface area contributed by atoms with E-state index in [4.69, 9.17) is 0 Å². The maximum absolute atomic E-state index is 3.72. The number of halogens is 2. The monoisotopic (exact) mass is 506 g/mol. The Hall–Kier alpha value is -1.81. The van der Waals surface area contributed by atoms with Gasteiger partial charge in [-0.05, 0) is 58.7 Å². The molecule has 1 aliphatic rings. The highest BCUT2D eigenvalue weighted by Crippen LogP contribution is 2.56. The summed E-state index contributed by atoms with van der Waals surface area (Å²) in [4.78, 5) is 2.59. The van der Waals surface area contributed by atoms with E-state index in [0.29, 0.717) is 0 Å². The van der Waals surface area contributed by atoms with E-state index < -0.39 is 0 Å². The number of hydrogen-bond donors (Lipinski definition) is 0. The highest BCUT2D eigenvalue weighted by atomic mass is 79.9. The lowest BCUT2D eigenvalue weighted by molar-refractivity contribution is 0.701. The zero-order valence-electron chi connectivity index (χ0n) is 14.9. The van der Waals surface area contributed by atoms with Crippen molar-refractivity contribution in [2.45, 2.75) is 15.2 Å². The Morgan fingerprint density at radius 1 is 0.536 bits per heavy atom. The Morgan fingerprint density at radius 2 is 0.964 bits per heavy atom. The molecule has 4 aromatic carbocycles. The largest absolute Gasteiger partial charge is 0.0894 e. The molecule has 1 heterocycles. The van der Waals surface area contributed by atoms with E-state index >= 15 is 0 Å². The number of fused-ring (bicyclic) bond motifs is 2. The molecule has 0 unspecified atom stereocenters. The summed E-state index contributed by atoms with van der Waals surface area (Å²) in [7, 11) is 0. The van der Waals surface area contributed by atoms with Crippen LogP contribution in [-0.4, -0.2) is 0 Å². The average molecular weight is 508 g/mol. The van der Waals surface area contributed by atoms with Crippen LogP contribution >= 0.6 is 43.6 Å². The lowest BCUT2D eigenvalue weighted by Gasteiger charge is -2.42. The zero-order chi connectivity index (χ0) is 19.1. The number of hydrogen-bond acceptors (Lipinski definition) is 1. The molecule has 3 heteroatoms. The van der Waals surface area contributed by atoms with Crippen LogP contribution in [-0.2, 0) is 5.41 Å². The topological polar surface area (TPSA) is 0 Å². The van der Waals surface area contributed by atoms with E-state index in [1.54, 1.807) is 0 Å². The first-order valence-electron chi connectivity index (χ1n) is 9.08. The van der Waals surface area contributed by atoms with Gasteiger partial charge in [0, 0.05) is 18.7 Å². The zero-order valence-corrected chi connectivity index (χ0v) is 18.9. The molecule has 0 amide bonds. The summed E-state index contributed by atoms with van der Waals surface area (Å²) < 4.78 is 2.20. The highest BCUT2D eigenvalue weighted by Gasteiger charge is 2.44. The first-order valence-corrected chi connectivity index (χ1v) is 11.5. The van der Waals surface area contributed by atoms with E-state index in [1.165, 1.54) is 32.0 Å². The summed E-state index contributed by atoms with van der Waals surface area (Å²) in [6, 6.07) is 35.0. The van der Waals surface area contributed by atoms with Crippen molar-refractivity contribution in [1.82, 2.24) is 0 Å². The Kier molecular flexibility index (Phi) is 4.70. The van der Waals surface area contributed by atoms with Crippen molar-refractivity contribution in [1.29, 1.82) is 0 Å². The molecule has 0 bridgehead atoms. The molecule has 0 radical (unpaired) electrons. The van der Waals surface area contributed by atoms with Gasteiger partial charge in [-0.25, -0.2) is 0 Å². The van der Waals surface area contributed by atoms with Crippen LogP contribution in [0.3, 0.4) is 0 Å². The second kappa shape index (κ2) is 7.22. The third kappa shape index (κ3) is 2.80. The molecule has 4 aromatic rings. The Labute approximate surface area is 186 Å². The average Bonchev–Trinajstić information content (AvgIpc) is 2.74. The summed E-state index contributed by atoms with van der Waals surface area (Å²) in [6.45, 7) is 0. The lowest BCUT2D eigenvalue weighted by Crippen LogP contribution is -2.34. The Morgan fingerprint density at radius 3 is 1.39 bits per heavy atom. The summed E-state index contributed by atoms with van der Waals surface area (Å²) in [5.41, 5.74) is 4.82. The summed E-state index contributed by atoms with van der Waals surface area (Å²) in [5.74, 6) is 0. The quantitative estimate of drug-likeness (QED) is 0.233. The van der Waals surface area contributed by atoms with Crippen LogP contribution in [0.4, 0.5) is 0 Å². The first kappa shape index (κ1) is 18.2. The van der Waals surface area contributed by atoms with E-state index in [2.05, 4.69) is 129 Å². The fourth-order valence-electron chi connectivity index (χ4n) is 4.20. The second-order valence-electron chi connectivity index (χ2n) is 6.87. The fraction of sp³-hybridized carbons (Fsp3) is 0.0400. The van der Waals surface area contributed by atoms with Gasteiger partial charge in [0.25, 0.3) is 0 Å². The van der Waals surface area contributed by atoms with Gasteiger partial charge < -0.3 is 0 Å². The Balaban J connectivity index is 1.99. The standard InChI is InChI=1S/C25H16Br2S/c26-19-11-13-23-21(15-19)25(17-7-3-1-4-8-17,18-9-5-2-6-10-18)22-16-20(27)12-14-24(22)28-23/h1-16H. The van der Waals surface area contributed by atoms with Crippen LogP contribution in [0.25, 0.3) is 0 Å². The molecule has 0 saturated carbocycles. The van der Waals surface area contributed by atoms with Crippen molar-refractivity contribution in [2.24, 2.45) is 0 Å². The lowest BCUT2D eigenvalue weighted by atomic mass is 9.65. The minimum atomic E-state index is -0.369. The molecular formula is C25H16Br2S. The van der Waals surface area contributed by atoms with Gasteiger partial charge in [-0.3, -0.25) is 0 Å². The maximum Gasteiger partial charge on any atom is 0.0724 e. The molecule has 136 valence electrons. The molecule has 0 saturated heterocycles. The van der Waals surface area contributed by atoms with Gasteiger partial charge in [-0.15, -0.1) is 0 Å². The van der Waals surface area contributed by atoms with Crippen molar-refractivity contribution in [3.8, 4) is 0 Å². The SMILES string of the molecule is Brc1ccc2c(c1)C(c1ccccc1)(c1ccccc1)c1cc(Br)ccc1S2. The number of benzene rings is 4. The van der Waals surface area contributed by atoms with Crippen LogP contribution in [0.15, 0.2) is 116 Å². The van der Waals surface area contributed by atoms with Gasteiger partial charge in [0.15, 0.2) is 0 Å². The molecule has 1 aliphatic heterocycles. The predicted molar refractivity (Wildman–Crippen MR) is 124 cm³/mol. The van der Waals surface area contributed by atoms with Crippen molar-refractivity contribution >= 4 is 43.6 Å². The van der Waals surface area contributed by atoms with Gasteiger partial charge in [0.05, 0.1) is 5.41 Å². The Bertz CT molecular complexity index is 1060. The maximum atomic E-state index is 3.72. The van der Waals surface area contributed by atoms with Crippen molar-refractivity contribution in [3.63, 3.8) is 0 Å². The molecule has 0 aliphatic carbocycles. The van der Waals surface area contributed by atoms with Crippen LogP contribution in [0, 0.1) is 0 Å². The molecule has 0 fully saturated rings. The predicted octanol–water partition coefficient (Wildman–Crippen LogP) is 8.06. The van der Waals surface area contributed by atoms with Gasteiger partial charge in [0.1, 0.15) is 0 Å². The van der Waals surface area contributed by atoms with E-state index in [1.807, 2.05) is 11.8 Å². The molecule has 28 heavy (non-hydrogen) atoms. The number of rotatable bonds is 2. The van der Waals surface area contributed by atoms with Crippen LogP contribution in [0.1, 0.15) is 22.3 Å². The molecule has 5 rings (SSSR count). The van der Waals surface area contributed by atoms with E-state index in [0.717, 1.165) is 8.95 Å². The van der Waals surface area contributed by atoms with Crippen molar-refractivity contribution in [2.75, 3.05) is 0 Å². The highest BCUT2D eigenvalue weighted by molar-refractivity contribution is 9.10. The molecular weight excluding hydrogens is 492 g/mol. The second-order valence-corrected chi connectivity index (χ2v) is 9.78. The molecule has 0 atom stereocenters. The van der Waals surface area contributed by atoms with Crippen LogP contribution < -0.4 is 0 Å². The first-order chi connectivity index (χ1) is 13.7. The fourth-order valence-corrected chi connectivity index (χ4v) is 6.07. The normalized spacial score (nSPS) is 14.2. The molecule has 0 nitrogen and oxygen atoms in total. The summed E-state index contributed by atoms with van der Waals surface area (Å²) in [5, 5.41) is 0. The molecule has 0 spiro atoms. The van der Waals surface area contributed by atoms with Crippen molar-refractivity contribution in [3.05, 3.63) is 128 Å². The third-order valence-corrected chi connectivity index (χ3v) is 7.46. The van der Waals surface area contributed by atoms with Gasteiger partial charge in [-0.2, -0.15) is 0 Å². The van der Waals surface area contributed by atoms with E-state index in [9.17, 15) is 0 Å². The minimum absolute atomic E-state index is 0.369. The van der Waals surface area contributed by atoms with Crippen LogP contribution in [0.5, 0.6) is 0 Å². The summed E-state index contributed by atoms with van der Waals surface area (Å²) in [6.07, 6.45) is 0. The summed E-state index contributed by atoms with van der Waals surface area (Å²) >= 11 is 9.30. The van der Waals surface area contributed by atoms with Gasteiger partial charge in [-0.1, -0.05) is 104 Å². The van der Waals surface area contributed by atoms with E-state index in [-0.39, 0.29) is 5.41 Å². The van der Waals surface area contributed by atoms with Gasteiger partial charge >= 0.3 is 0 Å². The van der Waals surface area contributed by atoms with Gasteiger partial charge in [0.2, 0.25) is 0 Å². The molecule has 0 aromatic heterocycles.